The van der Waals surface area contributed by atoms with E-state index in [1.807, 2.05) is 13.0 Å². The third-order valence-electron chi connectivity index (χ3n) is 8.98. The summed E-state index contributed by atoms with van der Waals surface area (Å²) in [5.74, 6) is -0.612. The van der Waals surface area contributed by atoms with Gasteiger partial charge in [0.2, 0.25) is 8.32 Å². The second kappa shape index (κ2) is 11.7. The van der Waals surface area contributed by atoms with E-state index in [0.29, 0.717) is 58.5 Å². The number of methoxy groups -OCH3 is 1. The largest absolute Gasteiger partial charge is 0.465 e. The van der Waals surface area contributed by atoms with Gasteiger partial charge in [-0.3, -0.25) is 4.79 Å². The van der Waals surface area contributed by atoms with Crippen LogP contribution >= 0.6 is 0 Å². The molecule has 1 aliphatic carbocycles. The fraction of sp³-hybridized carbons (Fsp3) is 0.645. The SMILES string of the molecule is COC(=O)c1cc2oc1[C@H]1C[C@H](O[Si](C(C)C)(C(C)C)C(C)C)[C@@H]1C[C@@H](OC(C)=O)C1=C[C@H](C/C(C)=C/2)OC1=O. The molecule has 3 heterocycles. The summed E-state index contributed by atoms with van der Waals surface area (Å²) in [6.07, 6.45) is 3.72. The third-order valence-corrected chi connectivity index (χ3v) is 15.1. The maximum absolute atomic E-state index is 13.0. The van der Waals surface area contributed by atoms with Crippen LogP contribution in [0.15, 0.2) is 27.7 Å². The Bertz CT molecular complexity index is 1180. The Morgan fingerprint density at radius 3 is 2.27 bits per heavy atom. The fourth-order valence-corrected chi connectivity index (χ4v) is 12.9. The molecule has 40 heavy (non-hydrogen) atoms. The van der Waals surface area contributed by atoms with E-state index in [1.165, 1.54) is 14.0 Å². The molecule has 9 heteroatoms. The maximum Gasteiger partial charge on any atom is 0.341 e. The van der Waals surface area contributed by atoms with Gasteiger partial charge in [0.1, 0.15) is 29.3 Å². The lowest BCUT2D eigenvalue weighted by Crippen LogP contribution is -2.56. The fourth-order valence-electron chi connectivity index (χ4n) is 7.28. The maximum atomic E-state index is 13.0. The van der Waals surface area contributed by atoms with Crippen molar-refractivity contribution in [3.63, 3.8) is 0 Å². The zero-order valence-corrected chi connectivity index (χ0v) is 26.2. The lowest BCUT2D eigenvalue weighted by Gasteiger charge is -2.52. The minimum atomic E-state index is -2.26. The Labute approximate surface area is 238 Å². The van der Waals surface area contributed by atoms with Crippen molar-refractivity contribution in [1.29, 1.82) is 0 Å². The zero-order valence-electron chi connectivity index (χ0n) is 25.2. The van der Waals surface area contributed by atoms with Crippen LogP contribution in [-0.2, 0) is 28.2 Å². The molecule has 1 aromatic heterocycles. The van der Waals surface area contributed by atoms with E-state index in [4.69, 9.17) is 23.1 Å². The topological polar surface area (TPSA) is 101 Å². The van der Waals surface area contributed by atoms with E-state index < -0.39 is 38.4 Å². The number of hydrogen-bond acceptors (Lipinski definition) is 8. The monoisotopic (exact) mass is 572 g/mol. The number of furan rings is 1. The van der Waals surface area contributed by atoms with Crippen molar-refractivity contribution in [2.24, 2.45) is 5.92 Å². The summed E-state index contributed by atoms with van der Waals surface area (Å²) >= 11 is 0. The van der Waals surface area contributed by atoms with Gasteiger partial charge in [0.25, 0.3) is 0 Å². The molecule has 3 aliphatic rings. The number of hydrogen-bond donors (Lipinski definition) is 0. The molecule has 0 N–H and O–H groups in total. The van der Waals surface area contributed by atoms with Crippen LogP contribution in [0.1, 0.15) is 102 Å². The molecule has 1 aromatic rings. The molecule has 2 aliphatic heterocycles. The van der Waals surface area contributed by atoms with Crippen molar-refractivity contribution in [1.82, 2.24) is 0 Å². The molecule has 1 fully saturated rings. The van der Waals surface area contributed by atoms with Crippen molar-refractivity contribution in [2.45, 2.75) is 116 Å². The van der Waals surface area contributed by atoms with Crippen LogP contribution in [0.5, 0.6) is 0 Å². The molecular formula is C31H44O8Si. The van der Waals surface area contributed by atoms with Crippen LogP contribution < -0.4 is 0 Å². The molecular weight excluding hydrogens is 528 g/mol. The summed E-state index contributed by atoms with van der Waals surface area (Å²) in [4.78, 5) is 38.1. The summed E-state index contributed by atoms with van der Waals surface area (Å²) in [5, 5.41) is 0. The number of esters is 3. The van der Waals surface area contributed by atoms with Crippen LogP contribution in [0, 0.1) is 5.92 Å². The van der Waals surface area contributed by atoms with E-state index >= 15 is 0 Å². The Kier molecular flexibility index (Phi) is 8.85. The summed E-state index contributed by atoms with van der Waals surface area (Å²) in [6.45, 7) is 16.8. The highest BCUT2D eigenvalue weighted by atomic mass is 28.4. The quantitative estimate of drug-likeness (QED) is 0.202. The highest BCUT2D eigenvalue weighted by Crippen LogP contribution is 2.54. The minimum Gasteiger partial charge on any atom is -0.465 e. The van der Waals surface area contributed by atoms with Gasteiger partial charge in [-0.25, -0.2) is 9.59 Å². The molecule has 4 bridgehead atoms. The summed E-state index contributed by atoms with van der Waals surface area (Å²) in [6, 6.07) is 1.72. The predicted octanol–water partition coefficient (Wildman–Crippen LogP) is 6.71. The van der Waals surface area contributed by atoms with E-state index in [-0.39, 0.29) is 17.9 Å². The average molecular weight is 573 g/mol. The normalized spacial score (nSPS) is 27.9. The Morgan fingerprint density at radius 1 is 1.05 bits per heavy atom. The average Bonchev–Trinajstić information content (AvgIpc) is 3.41. The molecule has 0 spiro atoms. The smallest absolute Gasteiger partial charge is 0.341 e. The van der Waals surface area contributed by atoms with Crippen LogP contribution in [0.2, 0.25) is 16.6 Å². The first kappa shape index (κ1) is 30.3. The number of ether oxygens (including phenoxy) is 3. The van der Waals surface area contributed by atoms with Gasteiger partial charge < -0.3 is 23.1 Å². The number of carbonyl (C=O) groups is 3. The van der Waals surface area contributed by atoms with E-state index in [0.717, 1.165) is 5.57 Å². The lowest BCUT2D eigenvalue weighted by molar-refractivity contribution is -0.149. The van der Waals surface area contributed by atoms with E-state index in [2.05, 4.69) is 41.5 Å². The first-order valence-corrected chi connectivity index (χ1v) is 16.6. The van der Waals surface area contributed by atoms with Gasteiger partial charge >= 0.3 is 17.9 Å². The number of carbonyl (C=O) groups excluding carboxylic acids is 3. The highest BCUT2D eigenvalue weighted by molar-refractivity contribution is 6.77. The zero-order chi connectivity index (χ0) is 29.5. The third kappa shape index (κ3) is 5.59. The molecule has 0 saturated heterocycles. The molecule has 5 atom stereocenters. The van der Waals surface area contributed by atoms with Crippen molar-refractivity contribution >= 4 is 32.3 Å². The standard InChI is InChI=1S/C31H44O8Si/c1-16(2)40(17(3)4,18(5)6)39-28-15-24-23(28)14-27(36-20(8)32)25-12-22(38-31(25)34)11-19(7)10-21-13-26(29(24)37-21)30(33)35-9/h10,12-13,16-18,22-24,27-28H,11,14-15H2,1-9H3/b19-10+/t22-,23+,24-,27+,28-/m0/s1. The van der Waals surface area contributed by atoms with Crippen LogP contribution in [0.4, 0.5) is 0 Å². The van der Waals surface area contributed by atoms with Gasteiger partial charge in [-0.15, -0.1) is 0 Å². The molecule has 1 saturated carbocycles. The second-order valence-corrected chi connectivity index (χ2v) is 17.9. The lowest BCUT2D eigenvalue weighted by atomic mass is 9.66. The second-order valence-electron chi connectivity index (χ2n) is 12.5. The van der Waals surface area contributed by atoms with Gasteiger partial charge in [0, 0.05) is 25.4 Å². The van der Waals surface area contributed by atoms with Gasteiger partial charge in [-0.1, -0.05) is 47.1 Å². The molecule has 4 rings (SSSR count). The molecule has 8 nitrogen and oxygen atoms in total. The van der Waals surface area contributed by atoms with Gasteiger partial charge in [-0.2, -0.15) is 0 Å². The van der Waals surface area contributed by atoms with Gasteiger partial charge in [-0.05, 0) is 60.5 Å². The minimum absolute atomic E-state index is 0.141. The van der Waals surface area contributed by atoms with Crippen molar-refractivity contribution in [2.75, 3.05) is 7.11 Å². The molecule has 0 amide bonds. The number of fused-ring (bicyclic) bond motifs is 5. The predicted molar refractivity (Wildman–Crippen MR) is 153 cm³/mol. The molecule has 0 radical (unpaired) electrons. The summed E-state index contributed by atoms with van der Waals surface area (Å²) in [7, 11) is -0.899. The van der Waals surface area contributed by atoms with E-state index in [1.54, 1.807) is 12.1 Å². The van der Waals surface area contributed by atoms with Crippen LogP contribution in [-0.4, -0.2) is 51.6 Å². The Hall–Kier alpha value is -2.65. The number of rotatable bonds is 7. The van der Waals surface area contributed by atoms with Gasteiger partial charge in [0.05, 0.1) is 12.7 Å². The van der Waals surface area contributed by atoms with E-state index in [9.17, 15) is 14.4 Å². The summed E-state index contributed by atoms with van der Waals surface area (Å²) < 4.78 is 30.1. The highest BCUT2D eigenvalue weighted by Gasteiger charge is 2.54. The van der Waals surface area contributed by atoms with Crippen molar-refractivity contribution < 1.29 is 37.4 Å². The molecule has 220 valence electrons. The summed E-state index contributed by atoms with van der Waals surface area (Å²) in [5.41, 5.74) is 2.83. The molecule has 0 unspecified atom stereocenters. The Balaban J connectivity index is 1.83. The first-order valence-electron chi connectivity index (χ1n) is 14.4. The first-order chi connectivity index (χ1) is 18.8. The van der Waals surface area contributed by atoms with Crippen molar-refractivity contribution in [3.05, 3.63) is 40.4 Å². The molecule has 0 aromatic carbocycles. The van der Waals surface area contributed by atoms with Crippen LogP contribution in [0.3, 0.4) is 0 Å². The van der Waals surface area contributed by atoms with Crippen LogP contribution in [0.25, 0.3) is 6.08 Å². The Morgan fingerprint density at radius 2 is 1.70 bits per heavy atom. The van der Waals surface area contributed by atoms with Gasteiger partial charge in [0.15, 0.2) is 0 Å². The van der Waals surface area contributed by atoms with Crippen molar-refractivity contribution in [3.8, 4) is 0 Å².